The molecule has 0 aromatic carbocycles. The highest BCUT2D eigenvalue weighted by Crippen LogP contribution is 2.35. The van der Waals surface area contributed by atoms with Crippen molar-refractivity contribution in [2.75, 3.05) is 19.6 Å². The molecule has 2 aliphatic rings. The number of hydrogen-bond donors (Lipinski definition) is 1. The summed E-state index contributed by atoms with van der Waals surface area (Å²) in [5, 5.41) is 3.69. The van der Waals surface area contributed by atoms with Gasteiger partial charge in [-0.2, -0.15) is 0 Å². The Labute approximate surface area is 114 Å². The quantitative estimate of drug-likeness (QED) is 0.780. The molecule has 2 heteroatoms. The molecule has 106 valence electrons. The minimum Gasteiger partial charge on any atom is -0.313 e. The molecule has 18 heavy (non-hydrogen) atoms. The van der Waals surface area contributed by atoms with Gasteiger partial charge in [-0.3, -0.25) is 4.90 Å². The first kappa shape index (κ1) is 14.3. The summed E-state index contributed by atoms with van der Waals surface area (Å²) in [6, 6.07) is 1.61. The third-order valence-electron chi connectivity index (χ3n) is 5.22. The van der Waals surface area contributed by atoms with Crippen LogP contribution in [-0.4, -0.2) is 36.6 Å². The molecule has 2 fully saturated rings. The van der Waals surface area contributed by atoms with Crippen LogP contribution >= 0.6 is 0 Å². The van der Waals surface area contributed by atoms with Crippen LogP contribution in [0.5, 0.6) is 0 Å². The van der Waals surface area contributed by atoms with Crippen molar-refractivity contribution in [3.63, 3.8) is 0 Å². The number of likely N-dealkylation sites (N-methyl/N-ethyl adjacent to an activating group) is 1. The zero-order valence-electron chi connectivity index (χ0n) is 12.6. The van der Waals surface area contributed by atoms with E-state index in [1.807, 2.05) is 0 Å². The summed E-state index contributed by atoms with van der Waals surface area (Å²) in [5.41, 5.74) is 0. The van der Waals surface area contributed by atoms with Crippen molar-refractivity contribution in [2.45, 2.75) is 71.4 Å². The maximum absolute atomic E-state index is 3.69. The van der Waals surface area contributed by atoms with Crippen molar-refractivity contribution in [1.29, 1.82) is 0 Å². The molecular formula is C16H32N2. The third kappa shape index (κ3) is 3.27. The van der Waals surface area contributed by atoms with Gasteiger partial charge in [-0.05, 0) is 44.1 Å². The monoisotopic (exact) mass is 252 g/mol. The Bertz CT molecular complexity index is 237. The average molecular weight is 252 g/mol. The molecule has 1 aliphatic carbocycles. The first-order valence-electron chi connectivity index (χ1n) is 8.25. The predicted molar refractivity (Wildman–Crippen MR) is 78.9 cm³/mol. The van der Waals surface area contributed by atoms with Crippen LogP contribution in [0.3, 0.4) is 0 Å². The van der Waals surface area contributed by atoms with Gasteiger partial charge in [-0.1, -0.05) is 33.6 Å². The summed E-state index contributed by atoms with van der Waals surface area (Å²) in [5.74, 6) is 1.92. The molecule has 3 atom stereocenters. The Kier molecular flexibility index (Phi) is 5.50. The van der Waals surface area contributed by atoms with E-state index in [0.29, 0.717) is 0 Å². The van der Waals surface area contributed by atoms with Crippen LogP contribution in [0.1, 0.15) is 59.3 Å². The van der Waals surface area contributed by atoms with Gasteiger partial charge >= 0.3 is 0 Å². The van der Waals surface area contributed by atoms with Crippen molar-refractivity contribution in [3.05, 3.63) is 0 Å². The van der Waals surface area contributed by atoms with Crippen molar-refractivity contribution >= 4 is 0 Å². The van der Waals surface area contributed by atoms with Crippen LogP contribution in [0.25, 0.3) is 0 Å². The lowest BCUT2D eigenvalue weighted by atomic mass is 9.77. The average Bonchev–Trinajstić information content (AvgIpc) is 2.33. The third-order valence-corrected chi connectivity index (χ3v) is 5.22. The Morgan fingerprint density at radius 2 is 1.94 bits per heavy atom. The molecule has 1 N–H and O–H groups in total. The number of hydrogen-bond acceptors (Lipinski definition) is 2. The fraction of sp³-hybridized carbons (Fsp3) is 1.00. The second kappa shape index (κ2) is 6.91. The highest BCUT2D eigenvalue weighted by molar-refractivity contribution is 4.90. The lowest BCUT2D eigenvalue weighted by Gasteiger charge is -2.46. The minimum atomic E-state index is 0.739. The summed E-state index contributed by atoms with van der Waals surface area (Å²) in [6.45, 7) is 10.8. The van der Waals surface area contributed by atoms with E-state index in [2.05, 4.69) is 31.0 Å². The highest BCUT2D eigenvalue weighted by Gasteiger charge is 2.35. The molecule has 2 rings (SSSR count). The summed E-state index contributed by atoms with van der Waals surface area (Å²) < 4.78 is 0. The summed E-state index contributed by atoms with van der Waals surface area (Å²) >= 11 is 0. The van der Waals surface area contributed by atoms with Crippen molar-refractivity contribution in [1.82, 2.24) is 10.2 Å². The lowest BCUT2D eigenvalue weighted by molar-refractivity contribution is 0.0396. The fourth-order valence-electron chi connectivity index (χ4n) is 3.96. The first-order valence-corrected chi connectivity index (χ1v) is 8.25. The molecule has 0 aromatic rings. The molecule has 1 saturated heterocycles. The van der Waals surface area contributed by atoms with Gasteiger partial charge in [0.25, 0.3) is 0 Å². The van der Waals surface area contributed by atoms with E-state index in [4.69, 9.17) is 0 Å². The summed E-state index contributed by atoms with van der Waals surface area (Å²) in [7, 11) is 0. The van der Waals surface area contributed by atoms with E-state index in [9.17, 15) is 0 Å². The van der Waals surface area contributed by atoms with Gasteiger partial charge in [0, 0.05) is 25.2 Å². The van der Waals surface area contributed by atoms with E-state index in [1.54, 1.807) is 0 Å². The van der Waals surface area contributed by atoms with Crippen LogP contribution in [0.2, 0.25) is 0 Å². The standard InChI is InChI=1S/C16H32N2/c1-4-13-10-15(17-6-3)12-18(11-13)16(5-2)14-8-7-9-14/h13-17H,4-12H2,1-3H3. The van der Waals surface area contributed by atoms with E-state index < -0.39 is 0 Å². The van der Waals surface area contributed by atoms with E-state index in [-0.39, 0.29) is 0 Å². The van der Waals surface area contributed by atoms with Crippen LogP contribution in [0, 0.1) is 11.8 Å². The molecule has 0 amide bonds. The molecule has 3 unspecified atom stereocenters. The Hall–Kier alpha value is -0.0800. The zero-order valence-corrected chi connectivity index (χ0v) is 12.6. The molecule has 0 radical (unpaired) electrons. The topological polar surface area (TPSA) is 15.3 Å². The van der Waals surface area contributed by atoms with E-state index in [1.165, 1.54) is 51.6 Å². The van der Waals surface area contributed by atoms with E-state index >= 15 is 0 Å². The second-order valence-electron chi connectivity index (χ2n) is 6.39. The zero-order chi connectivity index (χ0) is 13.0. The molecule has 1 saturated carbocycles. The van der Waals surface area contributed by atoms with Gasteiger partial charge in [0.2, 0.25) is 0 Å². The Morgan fingerprint density at radius 1 is 1.17 bits per heavy atom. The normalized spacial score (nSPS) is 32.2. The lowest BCUT2D eigenvalue weighted by Crippen LogP contribution is -2.54. The maximum Gasteiger partial charge on any atom is 0.0198 e. The summed E-state index contributed by atoms with van der Waals surface area (Å²) in [6.07, 6.45) is 8.53. The second-order valence-corrected chi connectivity index (χ2v) is 6.39. The molecule has 2 nitrogen and oxygen atoms in total. The van der Waals surface area contributed by atoms with Gasteiger partial charge in [0.15, 0.2) is 0 Å². The van der Waals surface area contributed by atoms with Crippen LogP contribution < -0.4 is 5.32 Å². The molecule has 1 heterocycles. The Morgan fingerprint density at radius 3 is 2.44 bits per heavy atom. The molecule has 1 aliphatic heterocycles. The van der Waals surface area contributed by atoms with Gasteiger partial charge in [-0.15, -0.1) is 0 Å². The highest BCUT2D eigenvalue weighted by atomic mass is 15.2. The molecule has 0 spiro atoms. The van der Waals surface area contributed by atoms with E-state index in [0.717, 1.165) is 30.5 Å². The van der Waals surface area contributed by atoms with Gasteiger partial charge in [-0.25, -0.2) is 0 Å². The first-order chi connectivity index (χ1) is 8.78. The number of piperidine rings is 1. The van der Waals surface area contributed by atoms with Crippen molar-refractivity contribution < 1.29 is 0 Å². The Balaban J connectivity index is 1.95. The predicted octanol–water partition coefficient (Wildman–Crippen LogP) is 3.28. The number of likely N-dealkylation sites (tertiary alicyclic amines) is 1. The largest absolute Gasteiger partial charge is 0.313 e. The van der Waals surface area contributed by atoms with Gasteiger partial charge in [0.1, 0.15) is 0 Å². The number of rotatable bonds is 6. The van der Waals surface area contributed by atoms with Crippen LogP contribution in [-0.2, 0) is 0 Å². The van der Waals surface area contributed by atoms with Gasteiger partial charge < -0.3 is 5.32 Å². The maximum atomic E-state index is 3.69. The van der Waals surface area contributed by atoms with Crippen molar-refractivity contribution in [2.24, 2.45) is 11.8 Å². The van der Waals surface area contributed by atoms with Crippen LogP contribution in [0.15, 0.2) is 0 Å². The molecule has 0 aromatic heterocycles. The molecular weight excluding hydrogens is 220 g/mol. The minimum absolute atomic E-state index is 0.739. The molecule has 0 bridgehead atoms. The number of nitrogens with one attached hydrogen (secondary N) is 1. The van der Waals surface area contributed by atoms with Crippen LogP contribution in [0.4, 0.5) is 0 Å². The SMILES string of the molecule is CCNC1CC(CC)CN(C(CC)C2CCC2)C1. The fourth-order valence-corrected chi connectivity index (χ4v) is 3.96. The van der Waals surface area contributed by atoms with Crippen molar-refractivity contribution in [3.8, 4) is 0 Å². The number of nitrogens with zero attached hydrogens (tertiary/aromatic N) is 1. The smallest absolute Gasteiger partial charge is 0.0198 e. The van der Waals surface area contributed by atoms with Gasteiger partial charge in [0.05, 0.1) is 0 Å². The summed E-state index contributed by atoms with van der Waals surface area (Å²) in [4.78, 5) is 2.83.